The molecule has 0 aromatic heterocycles. The predicted molar refractivity (Wildman–Crippen MR) is 223 cm³/mol. The number of ketones is 1. The third-order valence-electron chi connectivity index (χ3n) is 15.1. The average molecular weight is 872 g/mol. The first kappa shape index (κ1) is 52.5. The molecule has 2 spiro atoms. The fourth-order valence-corrected chi connectivity index (χ4v) is 11.1. The minimum Gasteiger partial charge on any atom is -0.550 e. The van der Waals surface area contributed by atoms with Gasteiger partial charge in [0.15, 0.2) is 11.6 Å². The van der Waals surface area contributed by atoms with Crippen molar-refractivity contribution in [2.75, 3.05) is 0 Å². The van der Waals surface area contributed by atoms with Gasteiger partial charge in [0, 0.05) is 42.0 Å². The molecule has 5 rings (SSSR count). The Hall–Kier alpha value is -1.13. The van der Waals surface area contributed by atoms with Crippen LogP contribution in [0.2, 0.25) is 0 Å². The average Bonchev–Trinajstić information content (AvgIpc) is 3.52. The van der Waals surface area contributed by atoms with Crippen molar-refractivity contribution >= 4 is 17.8 Å². The van der Waals surface area contributed by atoms with Gasteiger partial charge in [0.2, 0.25) is 0 Å². The topological polar surface area (TPSA) is 182 Å². The van der Waals surface area contributed by atoms with Crippen LogP contribution in [0.3, 0.4) is 0 Å². The molecule has 3 N–H and O–H groups in total. The van der Waals surface area contributed by atoms with Crippen molar-refractivity contribution < 1.29 is 87.7 Å². The number of rotatable bonds is 13. The molecule has 0 aliphatic carbocycles. The predicted octanol–water partition coefficient (Wildman–Crippen LogP) is 3.39. The number of aliphatic hydroxyl groups excluding tert-OH is 1. The van der Waals surface area contributed by atoms with Gasteiger partial charge in [-0.2, -0.15) is 0 Å². The maximum absolute atomic E-state index is 14.6. The largest absolute Gasteiger partial charge is 1.00 e. The molecule has 14 heteroatoms. The molecule has 0 saturated carbocycles. The molecule has 0 aromatic carbocycles. The summed E-state index contributed by atoms with van der Waals surface area (Å²) in [7, 11) is 0. The van der Waals surface area contributed by atoms with E-state index in [2.05, 4.69) is 19.2 Å². The van der Waals surface area contributed by atoms with Crippen LogP contribution in [0.1, 0.15) is 154 Å². The van der Waals surface area contributed by atoms with Gasteiger partial charge in [-0.15, -0.1) is 0 Å². The molecule has 344 valence electrons. The first-order valence-electron chi connectivity index (χ1n) is 23.1. The molecule has 5 aliphatic heterocycles. The number of aliphatic hydroxyl groups is 2. The van der Waals surface area contributed by atoms with Crippen LogP contribution in [0.4, 0.5) is 4.79 Å². The summed E-state index contributed by atoms with van der Waals surface area (Å²) in [6, 6.07) is -0.745. The fourth-order valence-electron chi connectivity index (χ4n) is 11.1. The minimum absolute atomic E-state index is 0. The zero-order valence-electron chi connectivity index (χ0n) is 39.8. The Morgan fingerprint density at radius 2 is 1.57 bits per heavy atom. The summed E-state index contributed by atoms with van der Waals surface area (Å²) in [4.78, 5) is 39.9. The molecule has 0 radical (unpaired) electrons. The molecule has 13 nitrogen and oxygen atoms in total. The van der Waals surface area contributed by atoms with E-state index in [-0.39, 0.29) is 59.2 Å². The van der Waals surface area contributed by atoms with Crippen molar-refractivity contribution in [1.29, 1.82) is 0 Å². The van der Waals surface area contributed by atoms with Gasteiger partial charge in [-0.05, 0) is 110 Å². The zero-order valence-corrected chi connectivity index (χ0v) is 41.8. The van der Waals surface area contributed by atoms with Crippen molar-refractivity contribution in [3.8, 4) is 0 Å². The third kappa shape index (κ3) is 10.9. The SMILES string of the molecule is CC[C@@H](C(=O)[C@@H](C)[C@@H](O)[C@H](C)[C@@H]1O[C@@H]([C@@H](CC)C(=O)[O-])CC[C@@H]1C)[C@H]1O[C@]2(C=C[C@H](NC(=O)OC(C)(C)C)[C@]3(CC[C@@](C)([C@H]4CC[C@](O)(CC)[C@H](C)O4)O3)O2)[C@H](C)C[C@@H]1C.[Na+]. The van der Waals surface area contributed by atoms with Crippen LogP contribution >= 0.6 is 0 Å². The van der Waals surface area contributed by atoms with Crippen molar-refractivity contribution in [3.05, 3.63) is 12.2 Å². The number of hydrogen-bond acceptors (Lipinski definition) is 12. The number of hydrogen-bond donors (Lipinski definition) is 3. The summed E-state index contributed by atoms with van der Waals surface area (Å²) < 4.78 is 40.0. The van der Waals surface area contributed by atoms with Crippen molar-refractivity contribution in [2.24, 2.45) is 41.4 Å². The molecule has 61 heavy (non-hydrogen) atoms. The first-order valence-corrected chi connectivity index (χ1v) is 23.1. The van der Waals surface area contributed by atoms with Gasteiger partial charge in [-0.1, -0.05) is 61.5 Å². The molecule has 5 aliphatic rings. The van der Waals surface area contributed by atoms with E-state index in [1.807, 2.05) is 60.6 Å². The van der Waals surface area contributed by atoms with Crippen LogP contribution in [0.25, 0.3) is 0 Å². The molecule has 4 fully saturated rings. The second-order valence-corrected chi connectivity index (χ2v) is 20.6. The molecule has 18 atom stereocenters. The number of Topliss-reactive ketones (excluding diaryl/α,β-unsaturated/α-hetero) is 1. The molecule has 0 aromatic rings. The van der Waals surface area contributed by atoms with Gasteiger partial charge >= 0.3 is 35.7 Å². The Bertz CT molecular complexity index is 1560. The van der Waals surface area contributed by atoms with Gasteiger partial charge in [0.25, 0.3) is 0 Å². The molecular weight excluding hydrogens is 794 g/mol. The zero-order chi connectivity index (χ0) is 44.7. The second-order valence-electron chi connectivity index (χ2n) is 20.6. The minimum atomic E-state index is -1.38. The fraction of sp³-hybridized carbons (Fsp3) is 0.894. The van der Waals surface area contributed by atoms with Crippen LogP contribution in [0, 0.1) is 41.4 Å². The molecule has 5 heterocycles. The van der Waals surface area contributed by atoms with E-state index >= 15 is 0 Å². The first-order chi connectivity index (χ1) is 27.9. The van der Waals surface area contributed by atoms with Crippen LogP contribution in [-0.2, 0) is 38.0 Å². The standard InChI is InChI=1S/C47H79NO12.Na/c1-14-32(41(51)52)34-18-17-26(4)39(56-34)30(8)37(49)29(7)38(50)33(15-2)40-27(5)25-28(6)46(57-40)22-19-35(48-42(53)58-43(10,11)12)47(60-46)24-23-44(13,59-47)36-20-21-45(54,16-3)31(9)55-36;/h19,22,26-37,39-40,49,54H,14-18,20-21,23-25H2,1-13H3,(H,48,53)(H,51,52);/q;+1/p-1/t26-,27-,28+,29-,30-,31-,32+,33-,34+,35-,36+,37+,39+,40-,44-,45+,46-,47-;/m0./s1. The van der Waals surface area contributed by atoms with Crippen molar-refractivity contribution in [3.63, 3.8) is 0 Å². The maximum Gasteiger partial charge on any atom is 1.00 e. The number of carbonyl (C=O) groups is 3. The van der Waals surface area contributed by atoms with Gasteiger partial charge in [-0.25, -0.2) is 4.79 Å². The number of amides is 1. The summed E-state index contributed by atoms with van der Waals surface area (Å²) in [6.07, 6.45) is 5.44. The number of nitrogens with one attached hydrogen (secondary N) is 1. The van der Waals surface area contributed by atoms with Gasteiger partial charge in [0.1, 0.15) is 17.4 Å². The number of ether oxygens (including phenoxy) is 6. The third-order valence-corrected chi connectivity index (χ3v) is 15.1. The summed E-state index contributed by atoms with van der Waals surface area (Å²) in [5.74, 6) is -6.56. The van der Waals surface area contributed by atoms with Crippen LogP contribution in [0.5, 0.6) is 0 Å². The number of aliphatic carboxylic acids is 1. The van der Waals surface area contributed by atoms with E-state index in [1.54, 1.807) is 27.7 Å². The normalized spacial score (nSPS) is 41.6. The Morgan fingerprint density at radius 3 is 2.15 bits per heavy atom. The summed E-state index contributed by atoms with van der Waals surface area (Å²) in [6.45, 7) is 24.9. The Kier molecular flexibility index (Phi) is 17.4. The number of alkyl carbamates (subject to hydrolysis) is 1. The number of carbonyl (C=O) groups excluding carboxylic acids is 3. The summed E-state index contributed by atoms with van der Waals surface area (Å²) in [5.41, 5.74) is -2.48. The summed E-state index contributed by atoms with van der Waals surface area (Å²) in [5, 5.41) is 37.9. The number of carboxylic acids is 1. The van der Waals surface area contributed by atoms with Gasteiger partial charge in [0.05, 0.1) is 47.8 Å². The van der Waals surface area contributed by atoms with Crippen LogP contribution in [-0.4, -0.2) is 99.1 Å². The Morgan fingerprint density at radius 1 is 0.918 bits per heavy atom. The molecular formula is C47H78NNaO12. The Labute approximate surface area is 387 Å². The van der Waals surface area contributed by atoms with E-state index in [1.165, 1.54) is 0 Å². The molecule has 1 amide bonds. The smallest absolute Gasteiger partial charge is 0.550 e. The summed E-state index contributed by atoms with van der Waals surface area (Å²) >= 11 is 0. The molecule has 0 bridgehead atoms. The Balaban J connectivity index is 0.00000819. The van der Waals surface area contributed by atoms with E-state index < -0.39 is 101 Å². The van der Waals surface area contributed by atoms with E-state index in [4.69, 9.17) is 28.4 Å². The maximum atomic E-state index is 14.6. The molecule has 0 unspecified atom stereocenters. The quantitative estimate of drug-likeness (QED) is 0.182. The van der Waals surface area contributed by atoms with E-state index in [0.717, 1.165) is 6.42 Å². The van der Waals surface area contributed by atoms with Crippen LogP contribution in [0.15, 0.2) is 12.2 Å². The van der Waals surface area contributed by atoms with Gasteiger partial charge in [-0.3, -0.25) is 4.79 Å². The molecule has 4 saturated heterocycles. The monoisotopic (exact) mass is 872 g/mol. The van der Waals surface area contributed by atoms with E-state index in [0.29, 0.717) is 57.8 Å². The van der Waals surface area contributed by atoms with Gasteiger partial charge < -0.3 is 53.9 Å². The van der Waals surface area contributed by atoms with E-state index in [9.17, 15) is 29.7 Å². The number of carboxylic acid groups (broad SMARTS) is 1. The van der Waals surface area contributed by atoms with Crippen LogP contribution < -0.4 is 40.0 Å². The van der Waals surface area contributed by atoms with Crippen molar-refractivity contribution in [1.82, 2.24) is 5.32 Å². The second kappa shape index (κ2) is 20.2. The van der Waals surface area contributed by atoms with Crippen molar-refractivity contribution in [2.45, 2.75) is 225 Å².